The zero-order chi connectivity index (χ0) is 13.0. The lowest BCUT2D eigenvalue weighted by atomic mass is 10.1. The molecule has 0 aromatic heterocycles. The third kappa shape index (κ3) is 3.31. The van der Waals surface area contributed by atoms with Crippen molar-refractivity contribution in [2.45, 2.75) is 24.7 Å². The summed E-state index contributed by atoms with van der Waals surface area (Å²) in [5.41, 5.74) is 0.839. The van der Waals surface area contributed by atoms with Gasteiger partial charge in [0, 0.05) is 20.2 Å². The normalized spacial score (nSPS) is 18.9. The van der Waals surface area contributed by atoms with Crippen molar-refractivity contribution in [3.63, 3.8) is 0 Å². The number of piperidine rings is 1. The van der Waals surface area contributed by atoms with Gasteiger partial charge in [-0.25, -0.2) is 12.7 Å². The van der Waals surface area contributed by atoms with E-state index in [1.54, 1.807) is 11.4 Å². The average molecular weight is 269 g/mol. The molecule has 1 saturated heterocycles. The van der Waals surface area contributed by atoms with Crippen molar-refractivity contribution in [3.8, 4) is 0 Å². The van der Waals surface area contributed by atoms with Crippen LogP contribution < -0.4 is 0 Å². The summed E-state index contributed by atoms with van der Waals surface area (Å²) in [7, 11) is -1.51. The molecule has 0 atom stereocenters. The van der Waals surface area contributed by atoms with Gasteiger partial charge in [-0.1, -0.05) is 30.3 Å². The molecule has 0 saturated carbocycles. The molecular weight excluding hydrogens is 250 g/mol. The van der Waals surface area contributed by atoms with Crippen LogP contribution in [0.4, 0.5) is 0 Å². The summed E-state index contributed by atoms with van der Waals surface area (Å²) in [6, 6.07) is 9.31. The van der Waals surface area contributed by atoms with Crippen LogP contribution in [0.2, 0.25) is 0 Å². The fourth-order valence-corrected chi connectivity index (χ4v) is 3.79. The second-order valence-corrected chi connectivity index (χ2v) is 6.54. The van der Waals surface area contributed by atoms with E-state index in [1.807, 2.05) is 30.3 Å². The van der Waals surface area contributed by atoms with Gasteiger partial charge in [0.2, 0.25) is 10.0 Å². The summed E-state index contributed by atoms with van der Waals surface area (Å²) >= 11 is 0. The van der Waals surface area contributed by atoms with E-state index >= 15 is 0 Å². The highest BCUT2D eigenvalue weighted by Gasteiger charge is 2.27. The molecule has 1 fully saturated rings. The maximum Gasteiger partial charge on any atom is 0.218 e. The molecule has 0 unspecified atom stereocenters. The van der Waals surface area contributed by atoms with Crippen LogP contribution in [0.3, 0.4) is 0 Å². The van der Waals surface area contributed by atoms with Gasteiger partial charge in [0.15, 0.2) is 0 Å². The molecule has 0 bridgehead atoms. The molecule has 1 aromatic carbocycles. The monoisotopic (exact) mass is 269 g/mol. The summed E-state index contributed by atoms with van der Waals surface area (Å²) in [6.45, 7) is 1.13. The minimum atomic E-state index is -3.19. The summed E-state index contributed by atoms with van der Waals surface area (Å²) in [5, 5.41) is 0. The van der Waals surface area contributed by atoms with Crippen LogP contribution in [-0.2, 0) is 20.5 Å². The Kier molecular flexibility index (Phi) is 4.37. The largest absolute Gasteiger partial charge is 0.381 e. The molecule has 4 nitrogen and oxygen atoms in total. The Morgan fingerprint density at radius 2 is 1.83 bits per heavy atom. The fraction of sp³-hybridized carbons (Fsp3) is 0.538. The number of hydrogen-bond acceptors (Lipinski definition) is 3. The predicted octanol–water partition coefficient (Wildman–Crippen LogP) is 1.63. The number of nitrogens with zero attached hydrogens (tertiary/aromatic N) is 1. The van der Waals surface area contributed by atoms with E-state index in [1.165, 1.54) is 0 Å². The lowest BCUT2D eigenvalue weighted by Crippen LogP contribution is -2.41. The second-order valence-electron chi connectivity index (χ2n) is 4.58. The van der Waals surface area contributed by atoms with Gasteiger partial charge in [0.1, 0.15) is 0 Å². The van der Waals surface area contributed by atoms with Crippen LogP contribution in [0.5, 0.6) is 0 Å². The first-order valence-corrected chi connectivity index (χ1v) is 7.77. The van der Waals surface area contributed by atoms with Crippen molar-refractivity contribution in [2.24, 2.45) is 0 Å². The molecule has 0 amide bonds. The van der Waals surface area contributed by atoms with Crippen molar-refractivity contribution in [2.75, 3.05) is 20.2 Å². The average Bonchev–Trinajstić information content (AvgIpc) is 2.39. The molecule has 1 aliphatic rings. The molecule has 2 rings (SSSR count). The zero-order valence-electron chi connectivity index (χ0n) is 10.6. The SMILES string of the molecule is COC1CCN(S(=O)(=O)Cc2ccccc2)CC1. The van der Waals surface area contributed by atoms with Crippen molar-refractivity contribution in [1.82, 2.24) is 4.31 Å². The lowest BCUT2D eigenvalue weighted by molar-refractivity contribution is 0.0604. The summed E-state index contributed by atoms with van der Waals surface area (Å²) in [4.78, 5) is 0. The summed E-state index contributed by atoms with van der Waals surface area (Å²) in [6.07, 6.45) is 1.77. The Bertz CT molecular complexity index is 464. The number of rotatable bonds is 4. The molecule has 0 aliphatic carbocycles. The van der Waals surface area contributed by atoms with Gasteiger partial charge in [-0.15, -0.1) is 0 Å². The van der Waals surface area contributed by atoms with Crippen LogP contribution in [0.15, 0.2) is 30.3 Å². The highest BCUT2D eigenvalue weighted by Crippen LogP contribution is 2.18. The van der Waals surface area contributed by atoms with Crippen molar-refractivity contribution >= 4 is 10.0 Å². The van der Waals surface area contributed by atoms with Gasteiger partial charge < -0.3 is 4.74 Å². The molecule has 0 N–H and O–H groups in total. The Balaban J connectivity index is 2.00. The van der Waals surface area contributed by atoms with Crippen LogP contribution >= 0.6 is 0 Å². The van der Waals surface area contributed by atoms with Gasteiger partial charge in [-0.3, -0.25) is 0 Å². The fourth-order valence-electron chi connectivity index (χ4n) is 2.22. The lowest BCUT2D eigenvalue weighted by Gasteiger charge is -2.30. The molecule has 0 radical (unpaired) electrons. The van der Waals surface area contributed by atoms with Gasteiger partial charge in [0.25, 0.3) is 0 Å². The van der Waals surface area contributed by atoms with Crippen LogP contribution in [-0.4, -0.2) is 39.0 Å². The Hall–Kier alpha value is -0.910. The molecule has 5 heteroatoms. The molecule has 1 aliphatic heterocycles. The van der Waals surface area contributed by atoms with E-state index in [0.29, 0.717) is 13.1 Å². The number of sulfonamides is 1. The Morgan fingerprint density at radius 3 is 2.39 bits per heavy atom. The quantitative estimate of drug-likeness (QED) is 0.834. The molecule has 100 valence electrons. The Labute approximate surface area is 109 Å². The maximum atomic E-state index is 12.2. The van der Waals surface area contributed by atoms with Crippen LogP contribution in [0.25, 0.3) is 0 Å². The van der Waals surface area contributed by atoms with Crippen molar-refractivity contribution in [3.05, 3.63) is 35.9 Å². The molecule has 1 heterocycles. The van der Waals surface area contributed by atoms with Gasteiger partial charge >= 0.3 is 0 Å². The second kappa shape index (κ2) is 5.82. The molecule has 0 spiro atoms. The summed E-state index contributed by atoms with van der Waals surface area (Å²) in [5.74, 6) is 0.0888. The minimum absolute atomic E-state index is 0.0888. The van der Waals surface area contributed by atoms with E-state index in [2.05, 4.69) is 0 Å². The number of benzene rings is 1. The molecular formula is C13H19NO3S. The standard InChI is InChI=1S/C13H19NO3S/c1-17-13-7-9-14(10-8-13)18(15,16)11-12-5-3-2-4-6-12/h2-6,13H,7-11H2,1H3. The number of ether oxygens (including phenoxy) is 1. The van der Waals surface area contributed by atoms with Gasteiger partial charge in [-0.2, -0.15) is 0 Å². The van der Waals surface area contributed by atoms with E-state index in [-0.39, 0.29) is 11.9 Å². The number of methoxy groups -OCH3 is 1. The number of hydrogen-bond donors (Lipinski definition) is 0. The van der Waals surface area contributed by atoms with Crippen molar-refractivity contribution in [1.29, 1.82) is 0 Å². The topological polar surface area (TPSA) is 46.6 Å². The minimum Gasteiger partial charge on any atom is -0.381 e. The Morgan fingerprint density at radius 1 is 1.22 bits per heavy atom. The van der Waals surface area contributed by atoms with E-state index in [9.17, 15) is 8.42 Å². The first-order valence-electron chi connectivity index (χ1n) is 6.16. The molecule has 1 aromatic rings. The first-order chi connectivity index (χ1) is 8.62. The zero-order valence-corrected chi connectivity index (χ0v) is 11.4. The van der Waals surface area contributed by atoms with Gasteiger partial charge in [0.05, 0.1) is 11.9 Å². The van der Waals surface area contributed by atoms with Gasteiger partial charge in [-0.05, 0) is 18.4 Å². The smallest absolute Gasteiger partial charge is 0.218 e. The highest BCUT2D eigenvalue weighted by molar-refractivity contribution is 7.88. The maximum absolute atomic E-state index is 12.2. The van der Waals surface area contributed by atoms with Crippen LogP contribution in [0.1, 0.15) is 18.4 Å². The van der Waals surface area contributed by atoms with Crippen molar-refractivity contribution < 1.29 is 13.2 Å². The third-order valence-corrected chi connectivity index (χ3v) is 5.17. The van der Waals surface area contributed by atoms with Crippen LogP contribution in [0, 0.1) is 0 Å². The third-order valence-electron chi connectivity index (χ3n) is 3.32. The first kappa shape index (κ1) is 13.5. The van der Waals surface area contributed by atoms with E-state index in [0.717, 1.165) is 18.4 Å². The predicted molar refractivity (Wildman–Crippen MR) is 70.7 cm³/mol. The van der Waals surface area contributed by atoms with E-state index in [4.69, 9.17) is 4.74 Å². The molecule has 18 heavy (non-hydrogen) atoms. The van der Waals surface area contributed by atoms with E-state index < -0.39 is 10.0 Å². The summed E-state index contributed by atoms with van der Waals surface area (Å²) < 4.78 is 31.3. The highest BCUT2D eigenvalue weighted by atomic mass is 32.2.